The Bertz CT molecular complexity index is 585. The smallest absolute Gasteiger partial charge is 0.151 e. The zero-order valence-electron chi connectivity index (χ0n) is 11.8. The molecule has 3 heterocycles. The van der Waals surface area contributed by atoms with Gasteiger partial charge < -0.3 is 15.0 Å². The Morgan fingerprint density at radius 3 is 2.89 bits per heavy atom. The summed E-state index contributed by atoms with van der Waals surface area (Å²) in [5.74, 6) is 1.12. The van der Waals surface area contributed by atoms with E-state index >= 15 is 0 Å². The molecule has 1 saturated heterocycles. The molecule has 4 heteroatoms. The zero-order valence-corrected chi connectivity index (χ0v) is 11.8. The Kier molecular flexibility index (Phi) is 2.97. The van der Waals surface area contributed by atoms with E-state index < -0.39 is 0 Å². The van der Waals surface area contributed by atoms with Gasteiger partial charge in [-0.05, 0) is 45.4 Å². The summed E-state index contributed by atoms with van der Waals surface area (Å²) in [7, 11) is 0. The second-order valence-corrected chi connectivity index (χ2v) is 5.92. The summed E-state index contributed by atoms with van der Waals surface area (Å²) in [6.45, 7) is 6.35. The van der Waals surface area contributed by atoms with Crippen LogP contribution in [-0.2, 0) is 6.42 Å². The molecule has 1 aliphatic rings. The summed E-state index contributed by atoms with van der Waals surface area (Å²) in [5, 5.41) is 0. The number of hydrogen-bond acceptors (Lipinski definition) is 3. The third-order valence-electron chi connectivity index (χ3n) is 4.15. The van der Waals surface area contributed by atoms with Crippen molar-refractivity contribution in [1.82, 2.24) is 9.38 Å². The molecule has 0 bridgehead atoms. The minimum atomic E-state index is 0.196. The second kappa shape index (κ2) is 4.53. The fraction of sp³-hybridized carbons (Fsp3) is 0.533. The van der Waals surface area contributed by atoms with Gasteiger partial charge in [0.1, 0.15) is 5.65 Å². The maximum Gasteiger partial charge on any atom is 0.151 e. The Balaban J connectivity index is 2.14. The zero-order chi connectivity index (χ0) is 13.5. The highest BCUT2D eigenvalue weighted by Crippen LogP contribution is 2.35. The SMILES string of the molecule is CC1(C)CCCN1c1nc2ccccn2c1CCN. The van der Waals surface area contributed by atoms with Crippen LogP contribution < -0.4 is 10.6 Å². The summed E-state index contributed by atoms with van der Waals surface area (Å²) in [6.07, 6.45) is 5.42. The van der Waals surface area contributed by atoms with Crippen LogP contribution in [0.3, 0.4) is 0 Å². The van der Waals surface area contributed by atoms with Crippen molar-refractivity contribution in [2.75, 3.05) is 18.0 Å². The maximum absolute atomic E-state index is 5.79. The molecule has 1 fully saturated rings. The van der Waals surface area contributed by atoms with Crippen molar-refractivity contribution in [3.63, 3.8) is 0 Å². The van der Waals surface area contributed by atoms with Gasteiger partial charge in [0.2, 0.25) is 0 Å². The molecule has 4 nitrogen and oxygen atoms in total. The molecular formula is C15H22N4. The number of fused-ring (bicyclic) bond motifs is 1. The number of rotatable bonds is 3. The third kappa shape index (κ3) is 2.00. The number of pyridine rings is 1. The molecule has 2 aromatic rings. The van der Waals surface area contributed by atoms with E-state index in [4.69, 9.17) is 10.7 Å². The summed E-state index contributed by atoms with van der Waals surface area (Å²) in [6, 6.07) is 6.15. The monoisotopic (exact) mass is 258 g/mol. The Morgan fingerprint density at radius 2 is 2.21 bits per heavy atom. The van der Waals surface area contributed by atoms with E-state index in [1.807, 2.05) is 12.1 Å². The predicted molar refractivity (Wildman–Crippen MR) is 78.6 cm³/mol. The van der Waals surface area contributed by atoms with Gasteiger partial charge >= 0.3 is 0 Å². The van der Waals surface area contributed by atoms with Crippen LogP contribution in [0.5, 0.6) is 0 Å². The Labute approximate surface area is 114 Å². The lowest BCUT2D eigenvalue weighted by molar-refractivity contribution is 0.513. The van der Waals surface area contributed by atoms with Gasteiger partial charge in [-0.25, -0.2) is 4.98 Å². The molecule has 0 amide bonds. The predicted octanol–water partition coefficient (Wildman–Crippen LogP) is 2.21. The summed E-state index contributed by atoms with van der Waals surface area (Å²) < 4.78 is 2.18. The van der Waals surface area contributed by atoms with Crippen molar-refractivity contribution in [2.24, 2.45) is 5.73 Å². The van der Waals surface area contributed by atoms with Crippen LogP contribution in [0, 0.1) is 0 Å². The lowest BCUT2D eigenvalue weighted by Crippen LogP contribution is -2.39. The number of aromatic nitrogens is 2. The Morgan fingerprint density at radius 1 is 1.37 bits per heavy atom. The molecule has 0 aliphatic carbocycles. The van der Waals surface area contributed by atoms with Crippen LogP contribution in [0.15, 0.2) is 24.4 Å². The summed E-state index contributed by atoms with van der Waals surface area (Å²) in [4.78, 5) is 7.29. The molecule has 1 aliphatic heterocycles. The van der Waals surface area contributed by atoms with Gasteiger partial charge in [0.25, 0.3) is 0 Å². The number of nitrogens with two attached hydrogens (primary N) is 1. The molecular weight excluding hydrogens is 236 g/mol. The van der Waals surface area contributed by atoms with Crippen LogP contribution in [0.4, 0.5) is 5.82 Å². The highest BCUT2D eigenvalue weighted by Gasteiger charge is 2.34. The van der Waals surface area contributed by atoms with Crippen molar-refractivity contribution in [1.29, 1.82) is 0 Å². The van der Waals surface area contributed by atoms with Crippen LogP contribution in [-0.4, -0.2) is 28.0 Å². The molecule has 0 spiro atoms. The highest BCUT2D eigenvalue weighted by molar-refractivity contribution is 5.58. The first-order valence-corrected chi connectivity index (χ1v) is 7.07. The lowest BCUT2D eigenvalue weighted by Gasteiger charge is -2.32. The number of imidazole rings is 1. The van der Waals surface area contributed by atoms with Crippen molar-refractivity contribution in [3.05, 3.63) is 30.1 Å². The van der Waals surface area contributed by atoms with Crippen molar-refractivity contribution >= 4 is 11.5 Å². The molecule has 0 aromatic carbocycles. The maximum atomic E-state index is 5.79. The molecule has 0 atom stereocenters. The molecule has 0 radical (unpaired) electrons. The van der Waals surface area contributed by atoms with Crippen LogP contribution >= 0.6 is 0 Å². The largest absolute Gasteiger partial charge is 0.350 e. The minimum Gasteiger partial charge on any atom is -0.350 e. The quantitative estimate of drug-likeness (QED) is 0.918. The fourth-order valence-electron chi connectivity index (χ4n) is 3.12. The van der Waals surface area contributed by atoms with E-state index in [1.54, 1.807) is 0 Å². The number of anilines is 1. The van der Waals surface area contributed by atoms with Crippen LogP contribution in [0.2, 0.25) is 0 Å². The molecule has 3 rings (SSSR count). The molecule has 2 aromatic heterocycles. The van der Waals surface area contributed by atoms with E-state index in [2.05, 4.69) is 35.4 Å². The summed E-state index contributed by atoms with van der Waals surface area (Å²) in [5.41, 5.74) is 8.24. The average Bonchev–Trinajstić information content (AvgIpc) is 2.90. The van der Waals surface area contributed by atoms with Gasteiger partial charge in [-0.15, -0.1) is 0 Å². The van der Waals surface area contributed by atoms with Crippen molar-refractivity contribution < 1.29 is 0 Å². The standard InChI is InChI=1S/C15H22N4/c1-15(2)8-5-11-19(15)14-12(7-9-16)18-10-4-3-6-13(18)17-14/h3-4,6,10H,5,7-9,11,16H2,1-2H3. The van der Waals surface area contributed by atoms with Crippen molar-refractivity contribution in [2.45, 2.75) is 38.6 Å². The van der Waals surface area contributed by atoms with Gasteiger partial charge in [-0.3, -0.25) is 0 Å². The number of nitrogens with zero attached hydrogens (tertiary/aromatic N) is 3. The van der Waals surface area contributed by atoms with Crippen molar-refractivity contribution in [3.8, 4) is 0 Å². The van der Waals surface area contributed by atoms with Crippen LogP contribution in [0.1, 0.15) is 32.4 Å². The molecule has 0 saturated carbocycles. The first-order chi connectivity index (χ1) is 9.13. The van der Waals surface area contributed by atoms with Gasteiger partial charge in [-0.2, -0.15) is 0 Å². The Hall–Kier alpha value is -1.55. The third-order valence-corrected chi connectivity index (χ3v) is 4.15. The highest BCUT2D eigenvalue weighted by atomic mass is 15.3. The molecule has 19 heavy (non-hydrogen) atoms. The molecule has 2 N–H and O–H groups in total. The topological polar surface area (TPSA) is 46.6 Å². The van der Waals surface area contributed by atoms with Gasteiger partial charge in [-0.1, -0.05) is 6.07 Å². The second-order valence-electron chi connectivity index (χ2n) is 5.92. The average molecular weight is 258 g/mol. The van der Waals surface area contributed by atoms with Gasteiger partial charge in [0.15, 0.2) is 5.82 Å². The lowest BCUT2D eigenvalue weighted by atomic mass is 10.0. The fourth-order valence-corrected chi connectivity index (χ4v) is 3.12. The van der Waals surface area contributed by atoms with Gasteiger partial charge in [0.05, 0.1) is 5.69 Å². The van der Waals surface area contributed by atoms with E-state index in [0.29, 0.717) is 6.54 Å². The van der Waals surface area contributed by atoms with E-state index in [0.717, 1.165) is 24.4 Å². The van der Waals surface area contributed by atoms with E-state index in [9.17, 15) is 0 Å². The van der Waals surface area contributed by atoms with E-state index in [1.165, 1.54) is 18.5 Å². The first kappa shape index (κ1) is 12.5. The summed E-state index contributed by atoms with van der Waals surface area (Å²) >= 11 is 0. The molecule has 0 unspecified atom stereocenters. The first-order valence-electron chi connectivity index (χ1n) is 7.07. The van der Waals surface area contributed by atoms with E-state index in [-0.39, 0.29) is 5.54 Å². The minimum absolute atomic E-state index is 0.196. The normalized spacial score (nSPS) is 18.4. The number of hydrogen-bond donors (Lipinski definition) is 1. The molecule has 102 valence electrons. The van der Waals surface area contributed by atoms with Gasteiger partial charge in [0, 0.05) is 24.7 Å². The van der Waals surface area contributed by atoms with Crippen LogP contribution in [0.25, 0.3) is 5.65 Å².